The van der Waals surface area contributed by atoms with Crippen LogP contribution >= 0.6 is 0 Å². The second-order valence-corrected chi connectivity index (χ2v) is 7.99. The lowest BCUT2D eigenvalue weighted by Gasteiger charge is -2.29. The van der Waals surface area contributed by atoms with Gasteiger partial charge in [0.1, 0.15) is 11.4 Å². The summed E-state index contributed by atoms with van der Waals surface area (Å²) in [5, 5.41) is 2.73. The van der Waals surface area contributed by atoms with Crippen LogP contribution < -0.4 is 10.1 Å². The van der Waals surface area contributed by atoms with Gasteiger partial charge in [0.05, 0.1) is 12.8 Å². The molecule has 0 radical (unpaired) electrons. The Kier molecular flexibility index (Phi) is 7.32. The number of carbonyl (C=O) groups excluding carboxylic acids is 2. The van der Waals surface area contributed by atoms with Gasteiger partial charge in [-0.15, -0.1) is 0 Å². The van der Waals surface area contributed by atoms with Crippen LogP contribution in [-0.4, -0.2) is 30.8 Å². The molecular formula is C23H30N2O3. The van der Waals surface area contributed by atoms with Gasteiger partial charge >= 0.3 is 0 Å². The Morgan fingerprint density at radius 2 is 1.86 bits per heavy atom. The molecule has 0 aliphatic carbocycles. The Hall–Kier alpha value is -2.69. The van der Waals surface area contributed by atoms with Gasteiger partial charge in [0.25, 0.3) is 0 Å². The lowest BCUT2D eigenvalue weighted by Crippen LogP contribution is -2.36. The number of hydrogen-bond donors (Lipinski definition) is 1. The molecule has 2 aromatic rings. The van der Waals surface area contributed by atoms with Gasteiger partial charge in [-0.2, -0.15) is 0 Å². The smallest absolute Gasteiger partial charge is 0.223 e. The topological polar surface area (TPSA) is 68.3 Å². The highest BCUT2D eigenvalue weighted by atomic mass is 16.5. The van der Waals surface area contributed by atoms with E-state index in [1.165, 1.54) is 0 Å². The average Bonchev–Trinajstić information content (AvgIpc) is 2.69. The molecule has 0 aliphatic rings. The Morgan fingerprint density at radius 3 is 2.50 bits per heavy atom. The van der Waals surface area contributed by atoms with Crippen molar-refractivity contribution < 1.29 is 14.3 Å². The van der Waals surface area contributed by atoms with Crippen LogP contribution in [0.4, 0.5) is 0 Å². The highest BCUT2D eigenvalue weighted by Gasteiger charge is 2.30. The van der Waals surface area contributed by atoms with Crippen molar-refractivity contribution >= 4 is 11.7 Å². The zero-order valence-corrected chi connectivity index (χ0v) is 17.4. The lowest BCUT2D eigenvalue weighted by molar-refractivity contribution is -0.128. The Bertz CT molecular complexity index is 825. The number of nitrogens with one attached hydrogen (secondary N) is 1. The summed E-state index contributed by atoms with van der Waals surface area (Å²) < 4.78 is 5.26. The zero-order chi connectivity index (χ0) is 20.7. The molecule has 1 atom stereocenters. The summed E-state index contributed by atoms with van der Waals surface area (Å²) in [5.74, 6) is 0.646. The molecule has 5 nitrogen and oxygen atoms in total. The SMILES string of the molecule is CNC(=O)C(CCCC(=O)c1cccc(-c2cccc(OC)c2)n1)C(C)(C)C. The lowest BCUT2D eigenvalue weighted by atomic mass is 9.77. The van der Waals surface area contributed by atoms with Crippen molar-refractivity contribution in [3.8, 4) is 17.0 Å². The molecular weight excluding hydrogens is 352 g/mol. The molecule has 0 fully saturated rings. The number of rotatable bonds is 8. The van der Waals surface area contributed by atoms with Gasteiger partial charge < -0.3 is 10.1 Å². The number of benzene rings is 1. The van der Waals surface area contributed by atoms with E-state index in [-0.39, 0.29) is 23.0 Å². The number of ketones is 1. The summed E-state index contributed by atoms with van der Waals surface area (Å²) in [7, 11) is 3.27. The highest BCUT2D eigenvalue weighted by molar-refractivity contribution is 5.94. The maximum absolute atomic E-state index is 12.6. The maximum Gasteiger partial charge on any atom is 0.223 e. The number of Topliss-reactive ketones (excluding diaryl/α,β-unsaturated/α-hetero) is 1. The molecule has 1 heterocycles. The number of amides is 1. The van der Waals surface area contributed by atoms with Crippen molar-refractivity contribution in [2.75, 3.05) is 14.2 Å². The highest BCUT2D eigenvalue weighted by Crippen LogP contribution is 2.30. The molecule has 0 saturated carbocycles. The molecule has 28 heavy (non-hydrogen) atoms. The van der Waals surface area contributed by atoms with Gasteiger partial charge in [-0.3, -0.25) is 9.59 Å². The molecule has 1 aromatic heterocycles. The second-order valence-electron chi connectivity index (χ2n) is 7.99. The molecule has 0 saturated heterocycles. The fourth-order valence-electron chi connectivity index (χ4n) is 3.26. The van der Waals surface area contributed by atoms with E-state index in [2.05, 4.69) is 10.3 Å². The molecule has 0 aliphatic heterocycles. The molecule has 1 aromatic carbocycles. The third-order valence-corrected chi connectivity index (χ3v) is 4.91. The first-order valence-corrected chi connectivity index (χ1v) is 9.62. The largest absolute Gasteiger partial charge is 0.497 e. The molecule has 0 bridgehead atoms. The van der Waals surface area contributed by atoms with Crippen molar-refractivity contribution in [1.29, 1.82) is 0 Å². The predicted molar refractivity (Wildman–Crippen MR) is 111 cm³/mol. The minimum absolute atomic E-state index is 0.00527. The van der Waals surface area contributed by atoms with E-state index in [0.717, 1.165) is 17.0 Å². The number of carbonyl (C=O) groups is 2. The van der Waals surface area contributed by atoms with E-state index in [1.807, 2.05) is 57.2 Å². The normalized spacial score (nSPS) is 12.3. The zero-order valence-electron chi connectivity index (χ0n) is 17.4. The summed E-state index contributed by atoms with van der Waals surface area (Å²) in [6.07, 6.45) is 1.70. The van der Waals surface area contributed by atoms with Crippen LogP contribution in [0.1, 0.15) is 50.5 Å². The van der Waals surface area contributed by atoms with Gasteiger partial charge in [0.15, 0.2) is 5.78 Å². The number of pyridine rings is 1. The summed E-state index contributed by atoms with van der Waals surface area (Å²) >= 11 is 0. The minimum Gasteiger partial charge on any atom is -0.497 e. The quantitative estimate of drug-likeness (QED) is 0.682. The average molecular weight is 383 g/mol. The van der Waals surface area contributed by atoms with E-state index in [9.17, 15) is 9.59 Å². The number of nitrogens with zero attached hydrogens (tertiary/aromatic N) is 1. The number of methoxy groups -OCH3 is 1. The Balaban J connectivity index is 2.06. The molecule has 5 heteroatoms. The van der Waals surface area contributed by atoms with E-state index in [4.69, 9.17) is 4.74 Å². The van der Waals surface area contributed by atoms with Gasteiger partial charge in [0.2, 0.25) is 5.91 Å². The molecule has 1 N–H and O–H groups in total. The van der Waals surface area contributed by atoms with E-state index in [1.54, 1.807) is 20.2 Å². The number of aromatic nitrogens is 1. The van der Waals surface area contributed by atoms with Crippen molar-refractivity contribution in [2.45, 2.75) is 40.0 Å². The van der Waals surface area contributed by atoms with Crippen LogP contribution in [0.2, 0.25) is 0 Å². The van der Waals surface area contributed by atoms with Crippen LogP contribution in [0.3, 0.4) is 0 Å². The molecule has 1 unspecified atom stereocenters. The van der Waals surface area contributed by atoms with Crippen LogP contribution in [0.25, 0.3) is 11.3 Å². The van der Waals surface area contributed by atoms with Crippen LogP contribution in [-0.2, 0) is 4.79 Å². The molecule has 150 valence electrons. The first-order chi connectivity index (χ1) is 13.3. The molecule has 2 rings (SSSR count). The fourth-order valence-corrected chi connectivity index (χ4v) is 3.26. The molecule has 0 spiro atoms. The van der Waals surface area contributed by atoms with Crippen LogP contribution in [0.15, 0.2) is 42.5 Å². The summed E-state index contributed by atoms with van der Waals surface area (Å²) in [4.78, 5) is 29.3. The second kappa shape index (κ2) is 9.49. The number of hydrogen-bond acceptors (Lipinski definition) is 4. The Labute approximate surface area is 167 Å². The third-order valence-electron chi connectivity index (χ3n) is 4.91. The van der Waals surface area contributed by atoms with Crippen LogP contribution in [0, 0.1) is 11.3 Å². The summed E-state index contributed by atoms with van der Waals surface area (Å²) in [6, 6.07) is 13.1. The van der Waals surface area contributed by atoms with Gasteiger partial charge in [0, 0.05) is 24.9 Å². The van der Waals surface area contributed by atoms with Crippen molar-refractivity contribution in [3.05, 3.63) is 48.2 Å². The van der Waals surface area contributed by atoms with Crippen LogP contribution in [0.5, 0.6) is 5.75 Å². The van der Waals surface area contributed by atoms with Crippen molar-refractivity contribution in [3.63, 3.8) is 0 Å². The Morgan fingerprint density at radius 1 is 1.14 bits per heavy atom. The summed E-state index contributed by atoms with van der Waals surface area (Å²) in [5.41, 5.74) is 1.95. The van der Waals surface area contributed by atoms with Gasteiger partial charge in [-0.25, -0.2) is 4.98 Å². The summed E-state index contributed by atoms with van der Waals surface area (Å²) in [6.45, 7) is 6.15. The third kappa shape index (κ3) is 5.65. The van der Waals surface area contributed by atoms with Crippen molar-refractivity contribution in [1.82, 2.24) is 10.3 Å². The minimum atomic E-state index is -0.145. The van der Waals surface area contributed by atoms with Crippen molar-refractivity contribution in [2.24, 2.45) is 11.3 Å². The molecule has 1 amide bonds. The van der Waals surface area contributed by atoms with Gasteiger partial charge in [-0.1, -0.05) is 39.0 Å². The van der Waals surface area contributed by atoms with E-state index < -0.39 is 0 Å². The van der Waals surface area contributed by atoms with E-state index >= 15 is 0 Å². The predicted octanol–water partition coefficient (Wildman–Crippen LogP) is 4.52. The maximum atomic E-state index is 12.6. The van der Waals surface area contributed by atoms with E-state index in [0.29, 0.717) is 25.0 Å². The standard InChI is InChI=1S/C23H30N2O3/c1-23(2,3)18(22(27)24-4)11-7-14-21(26)20-13-8-12-19(25-20)16-9-6-10-17(15-16)28-5/h6,8-10,12-13,15,18H,7,11,14H2,1-5H3,(H,24,27). The first-order valence-electron chi connectivity index (χ1n) is 9.62. The first kappa shape index (κ1) is 21.6. The van der Waals surface area contributed by atoms with Gasteiger partial charge in [-0.05, 0) is 42.5 Å². The number of ether oxygens (including phenoxy) is 1. The monoisotopic (exact) mass is 382 g/mol. The fraction of sp³-hybridized carbons (Fsp3) is 0.435.